The van der Waals surface area contributed by atoms with Gasteiger partial charge in [0.2, 0.25) is 10.0 Å². The van der Waals surface area contributed by atoms with Crippen LogP contribution in [-0.2, 0) is 10.0 Å². The lowest BCUT2D eigenvalue weighted by molar-refractivity contribution is 0.0923. The summed E-state index contributed by atoms with van der Waals surface area (Å²) in [5.41, 5.74) is 1.18. The third-order valence-electron chi connectivity index (χ3n) is 4.93. The first-order chi connectivity index (χ1) is 13.9. The van der Waals surface area contributed by atoms with Gasteiger partial charge in [-0.25, -0.2) is 8.42 Å². The number of amides is 1. The van der Waals surface area contributed by atoms with E-state index in [4.69, 9.17) is 9.15 Å². The van der Waals surface area contributed by atoms with Crippen molar-refractivity contribution in [3.05, 3.63) is 47.4 Å². The summed E-state index contributed by atoms with van der Waals surface area (Å²) < 4.78 is 37.9. The molecule has 0 radical (unpaired) electrons. The second kappa shape index (κ2) is 9.45. The van der Waals surface area contributed by atoms with Gasteiger partial charge in [0.1, 0.15) is 16.4 Å². The minimum Gasteiger partial charge on any atom is -0.494 e. The molecule has 0 unspecified atom stereocenters. The van der Waals surface area contributed by atoms with Gasteiger partial charge in [0.05, 0.1) is 6.61 Å². The Morgan fingerprint density at radius 3 is 2.52 bits per heavy atom. The largest absolute Gasteiger partial charge is 0.494 e. The zero-order valence-electron chi connectivity index (χ0n) is 16.9. The molecule has 158 valence electrons. The molecule has 1 N–H and O–H groups in total. The van der Waals surface area contributed by atoms with Crippen molar-refractivity contribution < 1.29 is 22.4 Å². The monoisotopic (exact) mass is 420 g/mol. The van der Waals surface area contributed by atoms with Crippen LogP contribution < -0.4 is 10.1 Å². The lowest BCUT2D eigenvalue weighted by Crippen LogP contribution is -2.28. The molecule has 2 aromatic rings. The van der Waals surface area contributed by atoms with Crippen LogP contribution in [0.4, 0.5) is 0 Å². The van der Waals surface area contributed by atoms with Crippen LogP contribution in [0.2, 0.25) is 0 Å². The Hall–Kier alpha value is -2.32. The van der Waals surface area contributed by atoms with Gasteiger partial charge in [0.25, 0.3) is 5.91 Å². The average molecular weight is 421 g/mol. The third kappa shape index (κ3) is 5.39. The number of nitrogens with one attached hydrogen (secondary N) is 1. The summed E-state index contributed by atoms with van der Waals surface area (Å²) in [5.74, 6) is 0.692. The number of carbonyl (C=O) groups is 1. The van der Waals surface area contributed by atoms with Crippen LogP contribution in [0.15, 0.2) is 39.6 Å². The van der Waals surface area contributed by atoms with E-state index < -0.39 is 15.9 Å². The summed E-state index contributed by atoms with van der Waals surface area (Å²) >= 11 is 0. The highest BCUT2D eigenvalue weighted by Crippen LogP contribution is 2.26. The molecule has 29 heavy (non-hydrogen) atoms. The number of furan rings is 1. The van der Waals surface area contributed by atoms with Crippen molar-refractivity contribution in [2.75, 3.05) is 26.2 Å². The lowest BCUT2D eigenvalue weighted by Gasteiger charge is -2.14. The maximum atomic E-state index is 12.7. The van der Waals surface area contributed by atoms with E-state index in [-0.39, 0.29) is 16.4 Å². The van der Waals surface area contributed by atoms with Crippen LogP contribution in [0.25, 0.3) is 0 Å². The van der Waals surface area contributed by atoms with Gasteiger partial charge in [0, 0.05) is 25.7 Å². The van der Waals surface area contributed by atoms with E-state index in [9.17, 15) is 13.2 Å². The molecular weight excluding hydrogens is 392 g/mol. The number of sulfonamides is 1. The van der Waals surface area contributed by atoms with Crippen LogP contribution in [0.5, 0.6) is 5.75 Å². The predicted octanol–water partition coefficient (Wildman–Crippen LogP) is 3.27. The molecule has 0 bridgehead atoms. The summed E-state index contributed by atoms with van der Waals surface area (Å²) in [6.07, 6.45) is 3.25. The molecule has 8 heteroatoms. The fraction of sp³-hybridized carbons (Fsp3) is 0.476. The van der Waals surface area contributed by atoms with Gasteiger partial charge in [0.15, 0.2) is 5.76 Å². The molecule has 1 aromatic carbocycles. The molecule has 1 aliphatic heterocycles. The average Bonchev–Trinajstić information content (AvgIpc) is 3.36. The number of hydrogen-bond donors (Lipinski definition) is 1. The number of ether oxygens (including phenoxy) is 1. The van der Waals surface area contributed by atoms with Gasteiger partial charge in [-0.15, -0.1) is 0 Å². The van der Waals surface area contributed by atoms with Gasteiger partial charge >= 0.3 is 0 Å². The first-order valence-corrected chi connectivity index (χ1v) is 11.4. The fourth-order valence-electron chi connectivity index (χ4n) is 3.24. The standard InChI is InChI=1S/C21H28N2O5S/c1-16-7-9-18(10-8-16)27-14-6-3-11-22-21(24)19-15-20(17(2)28-19)29(25,26)23-12-4-5-13-23/h7-10,15H,3-6,11-14H2,1-2H3,(H,22,24). The Labute approximate surface area is 172 Å². The summed E-state index contributed by atoms with van der Waals surface area (Å²) in [6.45, 7) is 5.65. The molecule has 1 aliphatic rings. The third-order valence-corrected chi connectivity index (χ3v) is 6.93. The van der Waals surface area contributed by atoms with Crippen molar-refractivity contribution >= 4 is 15.9 Å². The Bertz CT molecular complexity index is 928. The van der Waals surface area contributed by atoms with Crippen molar-refractivity contribution in [1.82, 2.24) is 9.62 Å². The minimum absolute atomic E-state index is 0.0242. The lowest BCUT2D eigenvalue weighted by atomic mass is 10.2. The SMILES string of the molecule is Cc1ccc(OCCCCNC(=O)c2cc(S(=O)(=O)N3CCCC3)c(C)o2)cc1. The number of benzene rings is 1. The summed E-state index contributed by atoms with van der Waals surface area (Å²) in [6, 6.07) is 9.20. The van der Waals surface area contributed by atoms with Crippen molar-refractivity contribution in [3.8, 4) is 5.75 Å². The van der Waals surface area contributed by atoms with Crippen LogP contribution in [0.3, 0.4) is 0 Å². The Morgan fingerprint density at radius 2 is 1.83 bits per heavy atom. The molecule has 3 rings (SSSR count). The molecule has 0 aliphatic carbocycles. The van der Waals surface area contributed by atoms with E-state index in [1.807, 2.05) is 31.2 Å². The highest BCUT2D eigenvalue weighted by atomic mass is 32.2. The molecule has 1 fully saturated rings. The number of unbranched alkanes of at least 4 members (excludes halogenated alkanes) is 1. The van der Waals surface area contributed by atoms with Crippen molar-refractivity contribution in [2.24, 2.45) is 0 Å². The quantitative estimate of drug-likeness (QED) is 0.629. The van der Waals surface area contributed by atoms with Gasteiger partial charge in [-0.1, -0.05) is 17.7 Å². The first-order valence-electron chi connectivity index (χ1n) is 9.96. The van der Waals surface area contributed by atoms with E-state index in [1.54, 1.807) is 6.92 Å². The maximum absolute atomic E-state index is 12.7. The van der Waals surface area contributed by atoms with Gasteiger partial charge in [-0.05, 0) is 51.7 Å². The second-order valence-electron chi connectivity index (χ2n) is 7.27. The maximum Gasteiger partial charge on any atom is 0.287 e. The zero-order chi connectivity index (χ0) is 20.9. The number of carbonyl (C=O) groups excluding carboxylic acids is 1. The van der Waals surface area contributed by atoms with Gasteiger partial charge in [-0.2, -0.15) is 4.31 Å². The van der Waals surface area contributed by atoms with E-state index in [1.165, 1.54) is 15.9 Å². The highest BCUT2D eigenvalue weighted by Gasteiger charge is 2.31. The predicted molar refractivity (Wildman–Crippen MR) is 110 cm³/mol. The van der Waals surface area contributed by atoms with Crippen LogP contribution in [0.1, 0.15) is 47.6 Å². The summed E-state index contributed by atoms with van der Waals surface area (Å²) in [5, 5.41) is 2.77. The highest BCUT2D eigenvalue weighted by molar-refractivity contribution is 7.89. The molecule has 2 heterocycles. The fourth-order valence-corrected chi connectivity index (χ4v) is 4.92. The van der Waals surface area contributed by atoms with Crippen LogP contribution >= 0.6 is 0 Å². The molecule has 1 saturated heterocycles. The zero-order valence-corrected chi connectivity index (χ0v) is 17.8. The number of hydrogen-bond acceptors (Lipinski definition) is 5. The van der Waals surface area contributed by atoms with E-state index >= 15 is 0 Å². The Balaban J connectivity index is 1.44. The topological polar surface area (TPSA) is 88.8 Å². The first kappa shape index (κ1) is 21.4. The van der Waals surface area contributed by atoms with Crippen molar-refractivity contribution in [1.29, 1.82) is 0 Å². The van der Waals surface area contributed by atoms with E-state index in [2.05, 4.69) is 5.32 Å². The van der Waals surface area contributed by atoms with E-state index in [0.29, 0.717) is 26.2 Å². The second-order valence-corrected chi connectivity index (χ2v) is 9.17. The Morgan fingerprint density at radius 1 is 1.14 bits per heavy atom. The normalized spacial score (nSPS) is 14.8. The molecule has 0 spiro atoms. The molecule has 1 amide bonds. The van der Waals surface area contributed by atoms with Crippen molar-refractivity contribution in [2.45, 2.75) is 44.4 Å². The molecule has 0 saturated carbocycles. The summed E-state index contributed by atoms with van der Waals surface area (Å²) in [4.78, 5) is 12.4. The molecular formula is C21H28N2O5S. The number of nitrogens with zero attached hydrogens (tertiary/aromatic N) is 1. The Kier molecular flexibility index (Phi) is 6.97. The van der Waals surface area contributed by atoms with E-state index in [0.717, 1.165) is 31.4 Å². The number of rotatable bonds is 9. The molecule has 7 nitrogen and oxygen atoms in total. The smallest absolute Gasteiger partial charge is 0.287 e. The van der Waals surface area contributed by atoms with Crippen LogP contribution in [-0.4, -0.2) is 44.9 Å². The van der Waals surface area contributed by atoms with Crippen LogP contribution in [0, 0.1) is 13.8 Å². The molecule has 0 atom stereocenters. The van der Waals surface area contributed by atoms with Crippen molar-refractivity contribution in [3.63, 3.8) is 0 Å². The van der Waals surface area contributed by atoms with Gasteiger partial charge < -0.3 is 14.5 Å². The molecule has 1 aromatic heterocycles. The summed E-state index contributed by atoms with van der Waals surface area (Å²) in [7, 11) is -3.60. The number of aryl methyl sites for hydroxylation is 2. The van der Waals surface area contributed by atoms with Gasteiger partial charge in [-0.3, -0.25) is 4.79 Å². The minimum atomic E-state index is -3.60.